The fraction of sp³-hybridized carbons (Fsp3) is 0.647. The molecule has 48 heavy (non-hydrogen) atoms. The summed E-state index contributed by atoms with van der Waals surface area (Å²) in [5.41, 5.74) is 0.687. The molecular formula is C34H62B2Cl2FN2NaO6. The first-order valence-electron chi connectivity index (χ1n) is 15.9. The van der Waals surface area contributed by atoms with Crippen molar-refractivity contribution in [3.05, 3.63) is 48.5 Å². The Labute approximate surface area is 328 Å². The normalized spacial score (nSPS) is 17.9. The van der Waals surface area contributed by atoms with Crippen molar-refractivity contribution in [2.75, 3.05) is 60.9 Å². The van der Waals surface area contributed by atoms with Crippen molar-refractivity contribution in [3.8, 4) is 11.5 Å². The minimum atomic E-state index is -1.00. The molecule has 0 aliphatic carbocycles. The number of hydrogen-bond acceptors (Lipinski definition) is 8. The van der Waals surface area contributed by atoms with Crippen molar-refractivity contribution in [1.29, 1.82) is 0 Å². The second kappa shape index (κ2) is 23.1. The SMILES string of the molecule is C.CC1(C)OB(c2ccc(O)cc2)OC1(C)C.CN(C)CCCl.CN(C)CCOc1ccc(B2OC(C)(C)C(C)(C)O2)cc1.Cl.[2H]CF.[H-].[Na+]. The Morgan fingerprint density at radius 2 is 1.06 bits per heavy atom. The van der Waals surface area contributed by atoms with Gasteiger partial charge in [0, 0.05) is 19.0 Å². The van der Waals surface area contributed by atoms with Gasteiger partial charge in [-0.3, -0.25) is 4.39 Å². The number of nitrogens with zero attached hydrogens (tertiary/aromatic N) is 2. The summed E-state index contributed by atoms with van der Waals surface area (Å²) in [7, 11) is 6.40. The van der Waals surface area contributed by atoms with E-state index in [1.54, 1.807) is 12.1 Å². The molecule has 0 amide bonds. The van der Waals surface area contributed by atoms with Crippen molar-refractivity contribution in [2.45, 2.75) is 85.2 Å². The number of rotatable bonds is 8. The molecule has 4 rings (SSSR count). The molecule has 0 aromatic heterocycles. The molecule has 1 N–H and O–H groups in total. The van der Waals surface area contributed by atoms with Crippen LogP contribution in [-0.4, -0.2) is 112 Å². The van der Waals surface area contributed by atoms with Gasteiger partial charge in [0.1, 0.15) is 18.1 Å². The Balaban J connectivity index is -0.000000325. The molecule has 0 atom stereocenters. The molecule has 2 fully saturated rings. The minimum Gasteiger partial charge on any atom is -1.00 e. The topological polar surface area (TPSA) is 72.9 Å². The molecule has 2 heterocycles. The molecule has 2 aliphatic heterocycles. The van der Waals surface area contributed by atoms with Gasteiger partial charge in [0.25, 0.3) is 0 Å². The van der Waals surface area contributed by atoms with E-state index in [4.69, 9.17) is 36.3 Å². The molecule has 272 valence electrons. The van der Waals surface area contributed by atoms with E-state index in [0.29, 0.717) is 6.61 Å². The van der Waals surface area contributed by atoms with Crippen molar-refractivity contribution in [1.82, 2.24) is 9.80 Å². The van der Waals surface area contributed by atoms with Crippen LogP contribution in [0, 0.1) is 0 Å². The monoisotopic (exact) mass is 729 g/mol. The number of likely N-dealkylation sites (N-methyl/N-ethyl adjacent to an activating group) is 1. The van der Waals surface area contributed by atoms with Gasteiger partial charge in [0.15, 0.2) is 0 Å². The fourth-order valence-corrected chi connectivity index (χ4v) is 4.16. The molecule has 0 saturated carbocycles. The average molecular weight is 730 g/mol. The van der Waals surface area contributed by atoms with Crippen molar-refractivity contribution >= 4 is 49.2 Å². The molecule has 2 aromatic rings. The maximum atomic E-state index is 9.96. The van der Waals surface area contributed by atoms with Gasteiger partial charge in [-0.15, -0.1) is 24.0 Å². The zero-order chi connectivity index (χ0) is 35.3. The summed E-state index contributed by atoms with van der Waals surface area (Å²) in [6.07, 6.45) is 0. The number of halogens is 3. The van der Waals surface area contributed by atoms with Gasteiger partial charge in [-0.05, 0) is 119 Å². The Kier molecular flexibility index (Phi) is 23.8. The standard InChI is InChI=1S/C16H26BNO3.C12H17BO3.C4H10ClN.CH3F.CH4.ClH.Na.H/c1-15(2)16(3,4)21-17(20-15)13-7-9-14(10-8-13)19-12-11-18(5)6;1-11(2)12(3,4)16-13(15-11)9-5-7-10(14)8-6-9;1-6(2)4-3-5;1-2;;;;/h7-10H,11-12H2,1-6H3;5-8,14H,1-4H3;3-4H2,1-2H3;1H3;1H4;1H;;/q;;;;;;+1;-1/i;;;1D;;;;. The summed E-state index contributed by atoms with van der Waals surface area (Å²) in [5.74, 6) is 1.85. The van der Waals surface area contributed by atoms with E-state index in [1.807, 2.05) is 97.2 Å². The van der Waals surface area contributed by atoms with Crippen LogP contribution in [0.15, 0.2) is 48.5 Å². The van der Waals surface area contributed by atoms with Crippen LogP contribution in [0.1, 0.15) is 65.6 Å². The summed E-state index contributed by atoms with van der Waals surface area (Å²) < 4.78 is 45.0. The van der Waals surface area contributed by atoms with Crippen molar-refractivity contribution in [2.24, 2.45) is 0 Å². The minimum absolute atomic E-state index is 0. The summed E-state index contributed by atoms with van der Waals surface area (Å²) in [4.78, 5) is 4.14. The van der Waals surface area contributed by atoms with E-state index >= 15 is 0 Å². The zero-order valence-corrected chi connectivity index (χ0v) is 34.4. The molecule has 0 unspecified atom stereocenters. The fourth-order valence-electron chi connectivity index (χ4n) is 3.83. The summed E-state index contributed by atoms with van der Waals surface area (Å²) in [5, 5.41) is 9.22. The Morgan fingerprint density at radius 3 is 1.33 bits per heavy atom. The second-order valence-electron chi connectivity index (χ2n) is 13.5. The van der Waals surface area contributed by atoms with Gasteiger partial charge in [-0.1, -0.05) is 31.7 Å². The number of phenolic OH excluding ortho intramolecular Hbond substituents is 1. The molecular weight excluding hydrogens is 667 g/mol. The quantitative estimate of drug-likeness (QED) is 0.329. The molecule has 2 aliphatic rings. The van der Waals surface area contributed by atoms with Crippen molar-refractivity contribution < 1.29 is 65.2 Å². The third kappa shape index (κ3) is 16.2. The maximum absolute atomic E-state index is 9.96. The third-order valence-corrected chi connectivity index (χ3v) is 8.33. The van der Waals surface area contributed by atoms with Crippen molar-refractivity contribution in [3.63, 3.8) is 0 Å². The van der Waals surface area contributed by atoms with Gasteiger partial charge in [0.2, 0.25) is 0 Å². The average Bonchev–Trinajstić information content (AvgIpc) is 3.29. The number of alkyl halides is 2. The molecule has 0 radical (unpaired) electrons. The van der Waals surface area contributed by atoms with Gasteiger partial charge in [-0.2, -0.15) is 0 Å². The van der Waals surface area contributed by atoms with E-state index in [2.05, 4.69) is 32.6 Å². The van der Waals surface area contributed by atoms with Crippen LogP contribution in [-0.2, 0) is 18.6 Å². The first-order valence-corrected chi connectivity index (χ1v) is 15.7. The van der Waals surface area contributed by atoms with Crippen LogP contribution < -0.4 is 45.2 Å². The first kappa shape index (κ1) is 49.6. The molecule has 14 heteroatoms. The second-order valence-corrected chi connectivity index (χ2v) is 13.9. The van der Waals surface area contributed by atoms with E-state index in [-0.39, 0.29) is 93.2 Å². The largest absolute Gasteiger partial charge is 1.00 e. The number of aromatic hydroxyl groups is 1. The van der Waals surface area contributed by atoms with Gasteiger partial charge < -0.3 is 39.7 Å². The number of ether oxygens (including phenoxy) is 1. The van der Waals surface area contributed by atoms with Crippen LogP contribution in [0.5, 0.6) is 11.5 Å². The number of benzene rings is 2. The summed E-state index contributed by atoms with van der Waals surface area (Å²) in [6.45, 7) is 18.9. The van der Waals surface area contributed by atoms with E-state index in [9.17, 15) is 9.50 Å². The molecule has 0 bridgehead atoms. The Bertz CT molecular complexity index is 1130. The summed E-state index contributed by atoms with van der Waals surface area (Å²) in [6, 6.07) is 14.9. The van der Waals surface area contributed by atoms with Crippen LogP contribution in [0.3, 0.4) is 0 Å². The molecule has 2 aromatic carbocycles. The van der Waals surface area contributed by atoms with Crippen LogP contribution in [0.25, 0.3) is 0 Å². The van der Waals surface area contributed by atoms with E-state index < -0.39 is 7.15 Å². The van der Waals surface area contributed by atoms with E-state index in [1.165, 1.54) is 0 Å². The van der Waals surface area contributed by atoms with Crippen LogP contribution in [0.4, 0.5) is 4.39 Å². The maximum Gasteiger partial charge on any atom is 1.00 e. The predicted molar refractivity (Wildman–Crippen MR) is 201 cm³/mol. The third-order valence-electron chi connectivity index (χ3n) is 8.16. The Hall–Kier alpha value is -0.560. The Morgan fingerprint density at radius 1 is 0.750 bits per heavy atom. The van der Waals surface area contributed by atoms with Gasteiger partial charge in [-0.25, -0.2) is 0 Å². The van der Waals surface area contributed by atoms with E-state index in [0.717, 1.165) is 35.6 Å². The first-order chi connectivity index (χ1) is 21.2. The zero-order valence-electron chi connectivity index (χ0n) is 32.9. The molecule has 2 saturated heterocycles. The van der Waals surface area contributed by atoms with Gasteiger partial charge >= 0.3 is 43.8 Å². The molecule has 0 spiro atoms. The van der Waals surface area contributed by atoms with Gasteiger partial charge in [0.05, 0.1) is 30.9 Å². The predicted octanol–water partition coefficient (Wildman–Crippen LogP) is 3.16. The van der Waals surface area contributed by atoms with Crippen LogP contribution in [0.2, 0.25) is 0 Å². The smallest absolute Gasteiger partial charge is 1.00 e. The molecule has 8 nitrogen and oxygen atoms in total. The number of hydrogen-bond donors (Lipinski definition) is 1. The summed E-state index contributed by atoms with van der Waals surface area (Å²) >= 11 is 5.35. The van der Waals surface area contributed by atoms with Crippen LogP contribution >= 0.6 is 24.0 Å². The number of phenols is 1.